The predicted molar refractivity (Wildman–Crippen MR) is 117 cm³/mol. The van der Waals surface area contributed by atoms with E-state index in [0.717, 1.165) is 29.3 Å². The minimum Gasteiger partial charge on any atom is -0.378 e. The predicted octanol–water partition coefficient (Wildman–Crippen LogP) is 3.03. The highest BCUT2D eigenvalue weighted by Crippen LogP contribution is 2.26. The van der Waals surface area contributed by atoms with E-state index in [9.17, 15) is 9.59 Å². The standard InChI is InChI=1S/C22H22N4O3S/c1-15-19(30-22(23-15)26-11-13-29-14-12-26)21(28)25-24-20(27)18-9-7-17(8-10-18)16-5-3-2-4-6-16/h2-10H,11-14H2,1H3,(H,24,27)(H,25,28). The van der Waals surface area contributed by atoms with Crippen molar-refractivity contribution >= 4 is 28.3 Å². The number of benzene rings is 2. The minimum atomic E-state index is -0.376. The van der Waals surface area contributed by atoms with Crippen LogP contribution in [0.2, 0.25) is 0 Å². The Bertz CT molecular complexity index is 1030. The second-order valence-corrected chi connectivity index (χ2v) is 7.84. The molecule has 1 fully saturated rings. The molecule has 1 aromatic heterocycles. The summed E-state index contributed by atoms with van der Waals surface area (Å²) in [6.07, 6.45) is 0. The van der Waals surface area contributed by atoms with Gasteiger partial charge in [-0.1, -0.05) is 53.8 Å². The van der Waals surface area contributed by atoms with Crippen molar-refractivity contribution in [1.29, 1.82) is 0 Å². The van der Waals surface area contributed by atoms with E-state index in [1.807, 2.05) is 42.5 Å². The molecule has 4 rings (SSSR count). The van der Waals surface area contributed by atoms with E-state index < -0.39 is 0 Å². The van der Waals surface area contributed by atoms with Gasteiger partial charge in [-0.2, -0.15) is 0 Å². The summed E-state index contributed by atoms with van der Waals surface area (Å²) in [7, 11) is 0. The number of aromatic nitrogens is 1. The van der Waals surface area contributed by atoms with Crippen LogP contribution in [-0.2, 0) is 4.74 Å². The Morgan fingerprint density at radius 2 is 1.57 bits per heavy atom. The highest BCUT2D eigenvalue weighted by molar-refractivity contribution is 7.17. The van der Waals surface area contributed by atoms with E-state index in [2.05, 4.69) is 20.7 Å². The third-order valence-electron chi connectivity index (χ3n) is 4.82. The molecule has 1 aliphatic heterocycles. The Morgan fingerprint density at radius 3 is 2.27 bits per heavy atom. The minimum absolute atomic E-state index is 0.376. The number of nitrogens with zero attached hydrogens (tertiary/aromatic N) is 2. The fourth-order valence-corrected chi connectivity index (χ4v) is 4.18. The Hall–Kier alpha value is -3.23. The lowest BCUT2D eigenvalue weighted by molar-refractivity contribution is 0.0848. The molecule has 3 aromatic rings. The monoisotopic (exact) mass is 422 g/mol. The Morgan fingerprint density at radius 1 is 0.933 bits per heavy atom. The van der Waals surface area contributed by atoms with Crippen molar-refractivity contribution < 1.29 is 14.3 Å². The number of ether oxygens (including phenoxy) is 1. The summed E-state index contributed by atoms with van der Waals surface area (Å²) < 4.78 is 5.35. The van der Waals surface area contributed by atoms with Crippen LogP contribution in [0.5, 0.6) is 0 Å². The summed E-state index contributed by atoms with van der Waals surface area (Å²) in [5.41, 5.74) is 8.17. The van der Waals surface area contributed by atoms with Gasteiger partial charge in [0.1, 0.15) is 4.88 Å². The Kier molecular flexibility index (Phi) is 6.06. The summed E-state index contributed by atoms with van der Waals surface area (Å²) >= 11 is 1.32. The average molecular weight is 423 g/mol. The molecular weight excluding hydrogens is 400 g/mol. The summed E-state index contributed by atoms with van der Waals surface area (Å²) in [5, 5.41) is 0.795. The molecule has 154 valence electrons. The SMILES string of the molecule is Cc1nc(N2CCOCC2)sc1C(=O)NNC(=O)c1ccc(-c2ccccc2)cc1. The lowest BCUT2D eigenvalue weighted by Gasteiger charge is -2.25. The van der Waals surface area contributed by atoms with Crippen molar-refractivity contribution in [2.75, 3.05) is 31.2 Å². The van der Waals surface area contributed by atoms with Crippen LogP contribution in [0.15, 0.2) is 54.6 Å². The van der Waals surface area contributed by atoms with Gasteiger partial charge in [0.2, 0.25) is 0 Å². The molecule has 0 unspecified atom stereocenters. The molecule has 0 atom stereocenters. The van der Waals surface area contributed by atoms with E-state index in [0.29, 0.717) is 29.3 Å². The van der Waals surface area contributed by atoms with Crippen LogP contribution < -0.4 is 15.8 Å². The first-order valence-corrected chi connectivity index (χ1v) is 10.5. The van der Waals surface area contributed by atoms with Gasteiger partial charge in [-0.05, 0) is 30.2 Å². The zero-order valence-corrected chi connectivity index (χ0v) is 17.4. The van der Waals surface area contributed by atoms with Crippen LogP contribution in [0.1, 0.15) is 25.7 Å². The first kappa shape index (κ1) is 20.1. The Labute approximate surface area is 178 Å². The van der Waals surface area contributed by atoms with Crippen LogP contribution in [0.3, 0.4) is 0 Å². The summed E-state index contributed by atoms with van der Waals surface area (Å²) in [6, 6.07) is 17.2. The van der Waals surface area contributed by atoms with Gasteiger partial charge in [-0.25, -0.2) is 4.98 Å². The molecular formula is C22H22N4O3S. The van der Waals surface area contributed by atoms with E-state index in [1.165, 1.54) is 11.3 Å². The van der Waals surface area contributed by atoms with Crippen molar-refractivity contribution in [2.24, 2.45) is 0 Å². The highest BCUT2D eigenvalue weighted by atomic mass is 32.1. The quantitative estimate of drug-likeness (QED) is 0.632. The number of nitrogens with one attached hydrogen (secondary N) is 2. The largest absolute Gasteiger partial charge is 0.378 e. The van der Waals surface area contributed by atoms with Crippen LogP contribution in [-0.4, -0.2) is 43.1 Å². The maximum absolute atomic E-state index is 12.5. The number of thiazole rings is 1. The zero-order valence-electron chi connectivity index (χ0n) is 16.6. The van der Waals surface area contributed by atoms with Gasteiger partial charge in [0.25, 0.3) is 11.8 Å². The van der Waals surface area contributed by atoms with Crippen molar-refractivity contribution in [3.8, 4) is 11.1 Å². The normalized spacial score (nSPS) is 13.7. The summed E-state index contributed by atoms with van der Waals surface area (Å²) in [5.74, 6) is -0.753. The van der Waals surface area contributed by atoms with Gasteiger partial charge in [0, 0.05) is 18.7 Å². The molecule has 8 heteroatoms. The lowest BCUT2D eigenvalue weighted by atomic mass is 10.0. The second kappa shape index (κ2) is 9.06. The van der Waals surface area contributed by atoms with Crippen LogP contribution in [0, 0.1) is 6.92 Å². The smallest absolute Gasteiger partial charge is 0.281 e. The van der Waals surface area contributed by atoms with E-state index in [1.54, 1.807) is 19.1 Å². The summed E-state index contributed by atoms with van der Waals surface area (Å²) in [4.78, 5) is 32.0. The second-order valence-electron chi connectivity index (χ2n) is 6.86. The van der Waals surface area contributed by atoms with Gasteiger partial charge >= 0.3 is 0 Å². The van der Waals surface area contributed by atoms with Crippen molar-refractivity contribution in [2.45, 2.75) is 6.92 Å². The first-order valence-electron chi connectivity index (χ1n) is 9.68. The van der Waals surface area contributed by atoms with Gasteiger partial charge in [-0.15, -0.1) is 0 Å². The number of hydrogen-bond donors (Lipinski definition) is 2. The molecule has 7 nitrogen and oxygen atoms in total. The average Bonchev–Trinajstić information content (AvgIpc) is 3.20. The molecule has 0 aliphatic carbocycles. The molecule has 1 aliphatic rings. The van der Waals surface area contributed by atoms with Gasteiger partial charge < -0.3 is 9.64 Å². The fraction of sp³-hybridized carbons (Fsp3) is 0.227. The number of anilines is 1. The third kappa shape index (κ3) is 4.50. The number of carbonyl (C=O) groups is 2. The molecule has 1 saturated heterocycles. The lowest BCUT2D eigenvalue weighted by Crippen LogP contribution is -2.41. The number of morpholine rings is 1. The highest BCUT2D eigenvalue weighted by Gasteiger charge is 2.21. The van der Waals surface area contributed by atoms with Crippen molar-refractivity contribution in [3.63, 3.8) is 0 Å². The van der Waals surface area contributed by atoms with Crippen LogP contribution >= 0.6 is 11.3 Å². The number of carbonyl (C=O) groups excluding carboxylic acids is 2. The number of aryl methyl sites for hydroxylation is 1. The van der Waals surface area contributed by atoms with Crippen LogP contribution in [0.25, 0.3) is 11.1 Å². The first-order chi connectivity index (χ1) is 14.6. The molecule has 2 amide bonds. The molecule has 0 spiro atoms. The summed E-state index contributed by atoms with van der Waals surface area (Å²) in [6.45, 7) is 4.60. The van der Waals surface area contributed by atoms with Gasteiger partial charge in [-0.3, -0.25) is 20.4 Å². The number of rotatable bonds is 4. The zero-order chi connectivity index (χ0) is 20.9. The molecule has 0 bridgehead atoms. The molecule has 2 aromatic carbocycles. The Balaban J connectivity index is 1.37. The van der Waals surface area contributed by atoms with E-state index in [4.69, 9.17) is 4.74 Å². The van der Waals surface area contributed by atoms with E-state index >= 15 is 0 Å². The van der Waals surface area contributed by atoms with Crippen LogP contribution in [0.4, 0.5) is 5.13 Å². The maximum Gasteiger partial charge on any atom is 0.281 e. The fourth-order valence-electron chi connectivity index (χ4n) is 3.17. The molecule has 2 N–H and O–H groups in total. The van der Waals surface area contributed by atoms with E-state index in [-0.39, 0.29) is 11.8 Å². The topological polar surface area (TPSA) is 83.6 Å². The van der Waals surface area contributed by atoms with Crippen molar-refractivity contribution in [1.82, 2.24) is 15.8 Å². The number of hydrazine groups is 1. The van der Waals surface area contributed by atoms with Gasteiger partial charge in [0.15, 0.2) is 5.13 Å². The molecule has 30 heavy (non-hydrogen) atoms. The maximum atomic E-state index is 12.5. The molecule has 0 radical (unpaired) electrons. The molecule has 2 heterocycles. The third-order valence-corrected chi connectivity index (χ3v) is 6.03. The number of hydrogen-bond acceptors (Lipinski definition) is 6. The van der Waals surface area contributed by atoms with Gasteiger partial charge in [0.05, 0.1) is 18.9 Å². The molecule has 0 saturated carbocycles. The number of amides is 2. The van der Waals surface area contributed by atoms with Crippen molar-refractivity contribution in [3.05, 3.63) is 70.7 Å².